The summed E-state index contributed by atoms with van der Waals surface area (Å²) in [5, 5.41) is 0. The van der Waals surface area contributed by atoms with Gasteiger partial charge in [-0.25, -0.2) is 4.79 Å². The largest absolute Gasteiger partial charge is 0.481 e. The first-order chi connectivity index (χ1) is 11.0. The Bertz CT molecular complexity index is 553. The van der Waals surface area contributed by atoms with E-state index in [0.29, 0.717) is 38.5 Å². The fraction of sp³-hybridized carbons (Fsp3) is 0.529. The minimum absolute atomic E-state index is 0.0602. The molecule has 0 spiro atoms. The number of carbonyl (C=O) groups excluding carboxylic acids is 2. The molecule has 1 atom stereocenters. The lowest BCUT2D eigenvalue weighted by Crippen LogP contribution is -2.53. The van der Waals surface area contributed by atoms with Gasteiger partial charge >= 0.3 is 6.09 Å². The Kier molecular flexibility index (Phi) is 5.84. The lowest BCUT2D eigenvalue weighted by Gasteiger charge is -2.35. The monoisotopic (exact) mass is 320 g/mol. The Hall–Kier alpha value is -2.24. The molecule has 1 saturated heterocycles. The summed E-state index contributed by atoms with van der Waals surface area (Å²) in [6, 6.07) is 7.63. The van der Waals surface area contributed by atoms with E-state index in [1.807, 2.05) is 31.2 Å². The zero-order chi connectivity index (χ0) is 16.8. The number of hydrogen-bond donors (Lipinski definition) is 0. The van der Waals surface area contributed by atoms with Crippen LogP contribution >= 0.6 is 0 Å². The van der Waals surface area contributed by atoms with Crippen LogP contribution in [0.5, 0.6) is 5.75 Å². The zero-order valence-corrected chi connectivity index (χ0v) is 13.9. The summed E-state index contributed by atoms with van der Waals surface area (Å²) in [4.78, 5) is 27.5. The molecule has 2 amide bonds. The first kappa shape index (κ1) is 17.1. The van der Waals surface area contributed by atoms with Crippen molar-refractivity contribution in [3.8, 4) is 5.75 Å². The molecule has 6 nitrogen and oxygen atoms in total. The van der Waals surface area contributed by atoms with E-state index in [1.54, 1.807) is 23.6 Å². The summed E-state index contributed by atoms with van der Waals surface area (Å²) < 4.78 is 10.7. The second-order valence-electron chi connectivity index (χ2n) is 5.59. The highest BCUT2D eigenvalue weighted by Gasteiger charge is 2.28. The Morgan fingerprint density at radius 3 is 2.43 bits per heavy atom. The van der Waals surface area contributed by atoms with Crippen molar-refractivity contribution in [3.63, 3.8) is 0 Å². The number of aryl methyl sites for hydroxylation is 1. The summed E-state index contributed by atoms with van der Waals surface area (Å²) in [6.45, 7) is 7.85. The molecular weight excluding hydrogens is 296 g/mol. The van der Waals surface area contributed by atoms with Gasteiger partial charge in [-0.15, -0.1) is 0 Å². The molecule has 1 aromatic rings. The number of hydrogen-bond acceptors (Lipinski definition) is 4. The highest BCUT2D eigenvalue weighted by molar-refractivity contribution is 5.81. The van der Waals surface area contributed by atoms with E-state index in [2.05, 4.69) is 0 Å². The Morgan fingerprint density at radius 1 is 1.17 bits per heavy atom. The Morgan fingerprint density at radius 2 is 1.83 bits per heavy atom. The summed E-state index contributed by atoms with van der Waals surface area (Å²) in [5.74, 6) is 0.631. The third kappa shape index (κ3) is 4.61. The van der Waals surface area contributed by atoms with E-state index < -0.39 is 6.10 Å². The number of amides is 2. The molecule has 0 radical (unpaired) electrons. The number of benzene rings is 1. The molecule has 1 fully saturated rings. The van der Waals surface area contributed by atoms with Crippen molar-refractivity contribution in [3.05, 3.63) is 29.8 Å². The van der Waals surface area contributed by atoms with Crippen LogP contribution in [-0.4, -0.2) is 60.7 Å². The van der Waals surface area contributed by atoms with Crippen LogP contribution in [0.25, 0.3) is 0 Å². The first-order valence-electron chi connectivity index (χ1n) is 7.95. The minimum atomic E-state index is -0.550. The van der Waals surface area contributed by atoms with Gasteiger partial charge in [-0.05, 0) is 38.5 Å². The van der Waals surface area contributed by atoms with Gasteiger partial charge in [-0.3, -0.25) is 4.79 Å². The molecule has 1 aliphatic rings. The van der Waals surface area contributed by atoms with Gasteiger partial charge in [0.2, 0.25) is 0 Å². The molecule has 1 heterocycles. The van der Waals surface area contributed by atoms with Crippen molar-refractivity contribution >= 4 is 12.0 Å². The highest BCUT2D eigenvalue weighted by atomic mass is 16.6. The first-order valence-corrected chi connectivity index (χ1v) is 7.95. The average molecular weight is 320 g/mol. The van der Waals surface area contributed by atoms with Crippen molar-refractivity contribution < 1.29 is 19.1 Å². The standard InChI is InChI=1S/C17H24N2O4/c1-4-22-17(21)19-10-8-18(9-11-19)16(20)14(3)23-15-7-5-6-13(2)12-15/h5-7,12,14H,4,8-11H2,1-3H3/t14-/m1/s1. The van der Waals surface area contributed by atoms with Gasteiger partial charge in [0.1, 0.15) is 5.75 Å². The maximum absolute atomic E-state index is 12.5. The van der Waals surface area contributed by atoms with Gasteiger partial charge < -0.3 is 19.3 Å². The second-order valence-corrected chi connectivity index (χ2v) is 5.59. The predicted molar refractivity (Wildman–Crippen MR) is 86.4 cm³/mol. The lowest BCUT2D eigenvalue weighted by atomic mass is 10.2. The zero-order valence-electron chi connectivity index (χ0n) is 13.9. The van der Waals surface area contributed by atoms with Crippen molar-refractivity contribution in [1.82, 2.24) is 9.80 Å². The Balaban J connectivity index is 1.85. The van der Waals surface area contributed by atoms with E-state index in [0.717, 1.165) is 5.56 Å². The quantitative estimate of drug-likeness (QED) is 0.852. The van der Waals surface area contributed by atoms with Crippen LogP contribution in [-0.2, 0) is 9.53 Å². The molecule has 1 aliphatic heterocycles. The maximum Gasteiger partial charge on any atom is 0.409 e. The molecule has 126 valence electrons. The van der Waals surface area contributed by atoms with Crippen LogP contribution in [0.15, 0.2) is 24.3 Å². The molecule has 0 unspecified atom stereocenters. The molecule has 0 N–H and O–H groups in total. The van der Waals surface area contributed by atoms with E-state index in [1.165, 1.54) is 0 Å². The smallest absolute Gasteiger partial charge is 0.409 e. The van der Waals surface area contributed by atoms with E-state index in [4.69, 9.17) is 9.47 Å². The molecule has 0 aliphatic carbocycles. The third-order valence-corrected chi connectivity index (χ3v) is 3.77. The molecule has 2 rings (SSSR count). The summed E-state index contributed by atoms with van der Waals surface area (Å²) in [5.41, 5.74) is 1.09. The van der Waals surface area contributed by atoms with Gasteiger partial charge in [0.05, 0.1) is 6.61 Å². The van der Waals surface area contributed by atoms with Gasteiger partial charge in [0, 0.05) is 26.2 Å². The van der Waals surface area contributed by atoms with Gasteiger partial charge in [-0.2, -0.15) is 0 Å². The third-order valence-electron chi connectivity index (χ3n) is 3.77. The summed E-state index contributed by atoms with van der Waals surface area (Å²) in [7, 11) is 0. The predicted octanol–water partition coefficient (Wildman–Crippen LogP) is 2.06. The molecule has 23 heavy (non-hydrogen) atoms. The van der Waals surface area contributed by atoms with E-state index >= 15 is 0 Å². The van der Waals surface area contributed by atoms with Gasteiger partial charge in [-0.1, -0.05) is 12.1 Å². The van der Waals surface area contributed by atoms with Crippen LogP contribution < -0.4 is 4.74 Å². The average Bonchev–Trinajstić information content (AvgIpc) is 2.54. The van der Waals surface area contributed by atoms with Gasteiger partial charge in [0.15, 0.2) is 6.10 Å². The molecule has 1 aromatic carbocycles. The van der Waals surface area contributed by atoms with Crippen LogP contribution in [0, 0.1) is 6.92 Å². The second kappa shape index (κ2) is 7.85. The fourth-order valence-electron chi connectivity index (χ4n) is 2.52. The van der Waals surface area contributed by atoms with Gasteiger partial charge in [0.25, 0.3) is 5.91 Å². The number of nitrogens with zero attached hydrogens (tertiary/aromatic N) is 2. The fourth-order valence-corrected chi connectivity index (χ4v) is 2.52. The van der Waals surface area contributed by atoms with E-state index in [-0.39, 0.29) is 12.0 Å². The Labute approximate surface area is 137 Å². The van der Waals surface area contributed by atoms with Crippen LogP contribution in [0.4, 0.5) is 4.79 Å². The molecule has 6 heteroatoms. The topological polar surface area (TPSA) is 59.1 Å². The summed E-state index contributed by atoms with van der Waals surface area (Å²) >= 11 is 0. The van der Waals surface area contributed by atoms with Crippen LogP contribution in [0.3, 0.4) is 0 Å². The number of ether oxygens (including phenoxy) is 2. The number of piperazine rings is 1. The van der Waals surface area contributed by atoms with Crippen molar-refractivity contribution in [2.45, 2.75) is 26.9 Å². The summed E-state index contributed by atoms with van der Waals surface area (Å²) in [6.07, 6.45) is -0.866. The number of carbonyl (C=O) groups is 2. The van der Waals surface area contributed by atoms with E-state index in [9.17, 15) is 9.59 Å². The maximum atomic E-state index is 12.5. The van der Waals surface area contributed by atoms with Crippen molar-refractivity contribution in [2.75, 3.05) is 32.8 Å². The molecule has 0 saturated carbocycles. The number of rotatable bonds is 4. The minimum Gasteiger partial charge on any atom is -0.481 e. The SMILES string of the molecule is CCOC(=O)N1CCN(C(=O)[C@@H](C)Oc2cccc(C)c2)CC1. The molecule has 0 aromatic heterocycles. The van der Waals surface area contributed by atoms with Crippen LogP contribution in [0.2, 0.25) is 0 Å². The highest BCUT2D eigenvalue weighted by Crippen LogP contribution is 2.15. The molecular formula is C17H24N2O4. The van der Waals surface area contributed by atoms with Crippen molar-refractivity contribution in [2.24, 2.45) is 0 Å². The van der Waals surface area contributed by atoms with Crippen LogP contribution in [0.1, 0.15) is 19.4 Å². The lowest BCUT2D eigenvalue weighted by molar-refractivity contribution is -0.139. The van der Waals surface area contributed by atoms with Crippen molar-refractivity contribution in [1.29, 1.82) is 0 Å². The normalized spacial score (nSPS) is 16.0. The molecule has 0 bridgehead atoms.